The monoisotopic (exact) mass is 478 g/mol. The minimum Gasteiger partial charge on any atom is -0.462 e. The fourth-order valence-electron chi connectivity index (χ4n) is 1.84. The molecule has 0 unspecified atom stereocenters. The van der Waals surface area contributed by atoms with E-state index in [0.29, 0.717) is 6.42 Å². The second-order valence-corrected chi connectivity index (χ2v) is 6.97. The van der Waals surface area contributed by atoms with Crippen molar-refractivity contribution in [2.75, 3.05) is 6.61 Å². The van der Waals surface area contributed by atoms with E-state index in [9.17, 15) is 25.0 Å². The third kappa shape index (κ3) is 6.91. The Bertz CT molecular complexity index is 673. The Labute approximate surface area is 160 Å². The highest BCUT2D eigenvalue weighted by molar-refractivity contribution is 9.14. The molecule has 0 aliphatic heterocycles. The summed E-state index contributed by atoms with van der Waals surface area (Å²) in [5, 5.41) is 21.7. The molecular weight excluding hydrogens is 464 g/mol. The Morgan fingerprint density at radius 2 is 1.56 bits per heavy atom. The summed E-state index contributed by atoms with van der Waals surface area (Å²) < 4.78 is 6.90. The van der Waals surface area contributed by atoms with Gasteiger partial charge in [-0.3, -0.25) is 20.2 Å². The first-order valence-electron chi connectivity index (χ1n) is 7.40. The number of carbonyl (C=O) groups excluding carboxylic acids is 1. The summed E-state index contributed by atoms with van der Waals surface area (Å²) >= 11 is 6.85. The number of nitro groups is 2. The van der Waals surface area contributed by atoms with Crippen molar-refractivity contribution in [1.82, 2.24) is 0 Å². The summed E-state index contributed by atoms with van der Waals surface area (Å²) in [4.78, 5) is 32.1. The summed E-state index contributed by atoms with van der Waals surface area (Å²) in [6.45, 7) is 2.12. The number of halogens is 2. The highest BCUT2D eigenvalue weighted by Crippen LogP contribution is 2.26. The molecule has 0 N–H and O–H groups in total. The van der Waals surface area contributed by atoms with E-state index in [2.05, 4.69) is 38.8 Å². The molecule has 0 amide bonds. The lowest BCUT2D eigenvalue weighted by Crippen LogP contribution is -2.08. The lowest BCUT2D eigenvalue weighted by Gasteiger charge is -2.07. The number of nitro benzene ring substituents is 2. The maximum atomic E-state index is 12.0. The molecule has 1 rings (SSSR count). The molecule has 0 saturated carbocycles. The normalized spacial score (nSPS) is 11.6. The van der Waals surface area contributed by atoms with Gasteiger partial charge < -0.3 is 4.74 Å². The van der Waals surface area contributed by atoms with Crippen LogP contribution >= 0.6 is 31.9 Å². The maximum Gasteiger partial charge on any atom is 0.338 e. The number of carbonyl (C=O) groups is 1. The predicted molar refractivity (Wildman–Crippen MR) is 99.1 cm³/mol. The number of esters is 1. The van der Waals surface area contributed by atoms with Gasteiger partial charge in [-0.15, -0.1) is 0 Å². The number of unbranched alkanes of at least 4 members (excludes halogenated alkanes) is 1. The Kier molecular flexibility index (Phi) is 8.70. The van der Waals surface area contributed by atoms with E-state index in [0.717, 1.165) is 46.4 Å². The Morgan fingerprint density at radius 1 is 1.04 bits per heavy atom. The van der Waals surface area contributed by atoms with E-state index in [1.807, 2.05) is 0 Å². The third-order valence-corrected chi connectivity index (χ3v) is 5.44. The van der Waals surface area contributed by atoms with Gasteiger partial charge in [0, 0.05) is 27.5 Å². The zero-order valence-electron chi connectivity index (χ0n) is 13.4. The molecule has 1 aromatic carbocycles. The number of non-ortho nitro benzene ring substituents is 2. The first-order chi connectivity index (χ1) is 11.8. The second kappa shape index (κ2) is 10.2. The molecule has 25 heavy (non-hydrogen) atoms. The van der Waals surface area contributed by atoms with Crippen LogP contribution in [-0.2, 0) is 4.74 Å². The van der Waals surface area contributed by atoms with Gasteiger partial charge in [0.1, 0.15) is 0 Å². The largest absolute Gasteiger partial charge is 0.462 e. The average molecular weight is 480 g/mol. The first-order valence-corrected chi connectivity index (χ1v) is 8.98. The van der Waals surface area contributed by atoms with E-state index in [1.165, 1.54) is 0 Å². The van der Waals surface area contributed by atoms with Crippen molar-refractivity contribution < 1.29 is 19.4 Å². The van der Waals surface area contributed by atoms with Gasteiger partial charge in [-0.25, -0.2) is 4.79 Å². The Hall–Kier alpha value is -1.81. The molecule has 0 heterocycles. The van der Waals surface area contributed by atoms with Crippen molar-refractivity contribution in [2.24, 2.45) is 0 Å². The number of allylic oxidation sites excluding steroid dienone is 1. The van der Waals surface area contributed by atoms with Crippen molar-refractivity contribution >= 4 is 49.2 Å². The molecule has 8 nitrogen and oxygen atoms in total. The standard InChI is InChI=1S/C15H16Br2N2O6/c1-2-3-4-13(16)14(17)5-6-25-15(20)10-7-11(18(21)22)9-12(8-10)19(23)24/h7-9H,2-6H2,1H3/b14-13+. The number of hydrogen-bond acceptors (Lipinski definition) is 6. The van der Waals surface area contributed by atoms with E-state index < -0.39 is 27.2 Å². The van der Waals surface area contributed by atoms with Crippen molar-refractivity contribution in [3.63, 3.8) is 0 Å². The van der Waals surface area contributed by atoms with Gasteiger partial charge in [0.25, 0.3) is 11.4 Å². The first kappa shape index (κ1) is 21.2. The quantitative estimate of drug-likeness (QED) is 0.272. The molecule has 136 valence electrons. The van der Waals surface area contributed by atoms with Crippen molar-refractivity contribution in [1.29, 1.82) is 0 Å². The second-order valence-electron chi connectivity index (χ2n) is 5.05. The van der Waals surface area contributed by atoms with Gasteiger partial charge >= 0.3 is 5.97 Å². The summed E-state index contributed by atoms with van der Waals surface area (Å²) in [6, 6.07) is 2.70. The fraction of sp³-hybridized carbons (Fsp3) is 0.400. The van der Waals surface area contributed by atoms with Crippen LogP contribution in [0, 0.1) is 20.2 Å². The molecule has 0 aliphatic carbocycles. The lowest BCUT2D eigenvalue weighted by atomic mass is 10.2. The Balaban J connectivity index is 2.78. The summed E-state index contributed by atoms with van der Waals surface area (Å²) in [5.74, 6) is -0.850. The SMILES string of the molecule is CCCC/C(Br)=C(\Br)CCOC(=O)c1cc([N+](=O)[O-])cc([N+](=O)[O-])c1. The minimum atomic E-state index is -0.850. The van der Waals surface area contributed by atoms with Gasteiger partial charge in [0.2, 0.25) is 0 Å². The smallest absolute Gasteiger partial charge is 0.338 e. The molecule has 0 spiro atoms. The Morgan fingerprint density at radius 3 is 2.04 bits per heavy atom. The number of rotatable bonds is 9. The van der Waals surface area contributed by atoms with Crippen LogP contribution in [0.25, 0.3) is 0 Å². The topological polar surface area (TPSA) is 113 Å². The van der Waals surface area contributed by atoms with Gasteiger partial charge in [0.05, 0.1) is 28.1 Å². The summed E-state index contributed by atoms with van der Waals surface area (Å²) in [5.41, 5.74) is -1.31. The average Bonchev–Trinajstić information content (AvgIpc) is 2.58. The number of hydrogen-bond donors (Lipinski definition) is 0. The molecule has 0 aliphatic rings. The fourth-order valence-corrected chi connectivity index (χ4v) is 2.68. The van der Waals surface area contributed by atoms with Crippen molar-refractivity contribution in [3.05, 3.63) is 53.0 Å². The molecular formula is C15H16Br2N2O6. The third-order valence-electron chi connectivity index (χ3n) is 3.16. The number of nitrogens with zero attached hydrogens (tertiary/aromatic N) is 2. The zero-order valence-corrected chi connectivity index (χ0v) is 16.5. The number of ether oxygens (including phenoxy) is 1. The maximum absolute atomic E-state index is 12.0. The van der Waals surface area contributed by atoms with Crippen LogP contribution in [0.5, 0.6) is 0 Å². The molecule has 0 bridgehead atoms. The molecule has 0 fully saturated rings. The molecule has 0 radical (unpaired) electrons. The van der Waals surface area contributed by atoms with Crippen LogP contribution in [0.3, 0.4) is 0 Å². The minimum absolute atomic E-state index is 0.0388. The van der Waals surface area contributed by atoms with E-state index in [4.69, 9.17) is 4.74 Å². The van der Waals surface area contributed by atoms with Crippen LogP contribution in [-0.4, -0.2) is 22.4 Å². The highest BCUT2D eigenvalue weighted by atomic mass is 79.9. The van der Waals surface area contributed by atoms with Gasteiger partial charge in [-0.2, -0.15) is 0 Å². The van der Waals surface area contributed by atoms with Gasteiger partial charge in [-0.1, -0.05) is 45.2 Å². The van der Waals surface area contributed by atoms with E-state index >= 15 is 0 Å². The van der Waals surface area contributed by atoms with Crippen LogP contribution < -0.4 is 0 Å². The summed E-state index contributed by atoms with van der Waals surface area (Å²) in [7, 11) is 0. The predicted octanol–water partition coefficient (Wildman–Crippen LogP) is 5.24. The van der Waals surface area contributed by atoms with Gasteiger partial charge in [0.15, 0.2) is 0 Å². The molecule has 10 heteroatoms. The molecule has 0 saturated heterocycles. The highest BCUT2D eigenvalue weighted by Gasteiger charge is 2.20. The van der Waals surface area contributed by atoms with E-state index in [-0.39, 0.29) is 12.2 Å². The van der Waals surface area contributed by atoms with Crippen LogP contribution in [0.4, 0.5) is 11.4 Å². The molecule has 0 aromatic heterocycles. The molecule has 0 atom stereocenters. The van der Waals surface area contributed by atoms with Crippen LogP contribution in [0.2, 0.25) is 0 Å². The van der Waals surface area contributed by atoms with Gasteiger partial charge in [-0.05, 0) is 12.8 Å². The van der Waals surface area contributed by atoms with Crippen molar-refractivity contribution in [2.45, 2.75) is 32.6 Å². The zero-order chi connectivity index (χ0) is 19.0. The molecule has 1 aromatic rings. The lowest BCUT2D eigenvalue weighted by molar-refractivity contribution is -0.394. The van der Waals surface area contributed by atoms with E-state index in [1.54, 1.807) is 0 Å². The van der Waals surface area contributed by atoms with Crippen molar-refractivity contribution in [3.8, 4) is 0 Å². The summed E-state index contributed by atoms with van der Waals surface area (Å²) in [6.07, 6.45) is 3.36. The number of benzene rings is 1. The van der Waals surface area contributed by atoms with Crippen LogP contribution in [0.15, 0.2) is 27.2 Å². The van der Waals surface area contributed by atoms with Crippen LogP contribution in [0.1, 0.15) is 43.0 Å².